The first-order chi connectivity index (χ1) is 20.6. The van der Waals surface area contributed by atoms with Crippen molar-refractivity contribution in [1.29, 1.82) is 0 Å². The highest BCUT2D eigenvalue weighted by molar-refractivity contribution is 6.37. The van der Waals surface area contributed by atoms with Crippen LogP contribution in [0.25, 0.3) is 11.3 Å². The Kier molecular flexibility index (Phi) is 9.95. The Morgan fingerprint density at radius 2 is 1.56 bits per heavy atom. The van der Waals surface area contributed by atoms with Gasteiger partial charge in [0, 0.05) is 44.0 Å². The first-order valence-electron chi connectivity index (χ1n) is 14.0. The van der Waals surface area contributed by atoms with E-state index in [1.165, 1.54) is 9.80 Å². The van der Waals surface area contributed by atoms with Gasteiger partial charge in [0.25, 0.3) is 5.91 Å². The molecule has 0 aliphatic carbocycles. The molecule has 0 aromatic heterocycles. The van der Waals surface area contributed by atoms with E-state index in [9.17, 15) is 19.2 Å². The Labute approximate surface area is 251 Å². The quantitative estimate of drug-likeness (QED) is 0.258. The van der Waals surface area contributed by atoms with E-state index in [1.807, 2.05) is 61.5 Å². The van der Waals surface area contributed by atoms with Crippen LogP contribution in [-0.4, -0.2) is 81.4 Å². The molecule has 0 bridgehead atoms. The maximum atomic E-state index is 13.3. The Bertz CT molecular complexity index is 1530. The van der Waals surface area contributed by atoms with Gasteiger partial charge in [-0.2, -0.15) is 0 Å². The summed E-state index contributed by atoms with van der Waals surface area (Å²) in [5.74, 6) is -1.11. The smallest absolute Gasteiger partial charge is 0.338 e. The largest absolute Gasteiger partial charge is 0.462 e. The van der Waals surface area contributed by atoms with E-state index in [1.54, 1.807) is 51.4 Å². The van der Waals surface area contributed by atoms with E-state index in [-0.39, 0.29) is 37.3 Å². The number of nitrogens with one attached hydrogen (secondary N) is 2. The zero-order valence-corrected chi connectivity index (χ0v) is 25.1. The SMILES string of the molecule is CCOC(=O)c1ccc2c(c1)NC(=O)/C2=C(\Nc1ccc(N(CC(=O)N(C)C)C(=O)CCN(C)C)cc1)c1ccccc1. The molecule has 10 nitrogen and oxygen atoms in total. The van der Waals surface area contributed by atoms with Crippen molar-refractivity contribution in [2.75, 3.05) is 63.4 Å². The van der Waals surface area contributed by atoms with Gasteiger partial charge in [-0.05, 0) is 63.0 Å². The van der Waals surface area contributed by atoms with Crippen LogP contribution in [0.3, 0.4) is 0 Å². The van der Waals surface area contributed by atoms with Crippen LogP contribution in [-0.2, 0) is 19.1 Å². The average molecular weight is 584 g/mol. The monoisotopic (exact) mass is 583 g/mol. The molecule has 0 fully saturated rings. The number of nitrogens with zero attached hydrogens (tertiary/aromatic N) is 3. The maximum Gasteiger partial charge on any atom is 0.338 e. The number of likely N-dealkylation sites (N-methyl/N-ethyl adjacent to an activating group) is 1. The molecule has 4 rings (SSSR count). The molecule has 3 amide bonds. The second kappa shape index (κ2) is 13.8. The van der Waals surface area contributed by atoms with Crippen LogP contribution in [0.15, 0.2) is 72.8 Å². The van der Waals surface area contributed by atoms with Gasteiger partial charge in [-0.1, -0.05) is 36.4 Å². The third-order valence-electron chi connectivity index (χ3n) is 6.90. The van der Waals surface area contributed by atoms with Crippen molar-refractivity contribution < 1.29 is 23.9 Å². The first kappa shape index (κ1) is 31.0. The van der Waals surface area contributed by atoms with Crippen LogP contribution in [0, 0.1) is 0 Å². The Morgan fingerprint density at radius 1 is 0.860 bits per heavy atom. The van der Waals surface area contributed by atoms with E-state index >= 15 is 0 Å². The summed E-state index contributed by atoms with van der Waals surface area (Å²) in [4.78, 5) is 56.1. The highest BCUT2D eigenvalue weighted by atomic mass is 16.5. The summed E-state index contributed by atoms with van der Waals surface area (Å²) < 4.78 is 5.11. The van der Waals surface area contributed by atoms with Gasteiger partial charge in [0.1, 0.15) is 6.54 Å². The van der Waals surface area contributed by atoms with E-state index in [4.69, 9.17) is 4.74 Å². The van der Waals surface area contributed by atoms with Crippen LogP contribution in [0.2, 0.25) is 0 Å². The minimum atomic E-state index is -0.458. The lowest BCUT2D eigenvalue weighted by molar-refractivity contribution is -0.129. The fourth-order valence-electron chi connectivity index (χ4n) is 4.57. The van der Waals surface area contributed by atoms with Crippen molar-refractivity contribution in [2.24, 2.45) is 0 Å². The summed E-state index contributed by atoms with van der Waals surface area (Å²) in [7, 11) is 7.10. The van der Waals surface area contributed by atoms with Crippen molar-refractivity contribution >= 4 is 52.0 Å². The molecule has 1 aliphatic rings. The third kappa shape index (κ3) is 7.47. The van der Waals surface area contributed by atoms with Crippen molar-refractivity contribution in [3.8, 4) is 0 Å². The van der Waals surface area contributed by atoms with Gasteiger partial charge < -0.3 is 30.1 Å². The number of ether oxygens (including phenoxy) is 1. The predicted molar refractivity (Wildman–Crippen MR) is 169 cm³/mol. The van der Waals surface area contributed by atoms with Crippen molar-refractivity contribution in [3.63, 3.8) is 0 Å². The molecule has 0 unspecified atom stereocenters. The number of anilines is 3. The summed E-state index contributed by atoms with van der Waals surface area (Å²) in [5.41, 5.74) is 4.59. The standard InChI is InChI=1S/C33H37N5O5/c1-6-43-33(42)23-12-17-26-27(20-23)35-32(41)30(26)31(22-10-8-7-9-11-22)34-24-13-15-25(16-14-24)38(21-29(40)37(4)5)28(39)18-19-36(2)3/h7-17,20,34H,6,18-19,21H2,1-5H3,(H,35,41)/b31-30-. The fraction of sp³-hybridized carbons (Fsp3) is 0.273. The summed E-state index contributed by atoms with van der Waals surface area (Å²) in [6.45, 7) is 2.48. The van der Waals surface area contributed by atoms with Crippen LogP contribution < -0.4 is 15.5 Å². The molecule has 0 saturated heterocycles. The highest BCUT2D eigenvalue weighted by Crippen LogP contribution is 2.38. The minimum absolute atomic E-state index is 0.0733. The fourth-order valence-corrected chi connectivity index (χ4v) is 4.57. The van der Waals surface area contributed by atoms with Crippen molar-refractivity contribution in [3.05, 3.63) is 89.5 Å². The zero-order chi connectivity index (χ0) is 31.1. The first-order valence-corrected chi connectivity index (χ1v) is 14.0. The van der Waals surface area contributed by atoms with Crippen LogP contribution in [0.1, 0.15) is 34.8 Å². The number of fused-ring (bicyclic) bond motifs is 1. The molecule has 1 aliphatic heterocycles. The van der Waals surface area contributed by atoms with E-state index in [0.29, 0.717) is 46.0 Å². The van der Waals surface area contributed by atoms with Gasteiger partial charge in [0.05, 0.1) is 29.1 Å². The lowest BCUT2D eigenvalue weighted by Crippen LogP contribution is -2.41. The summed E-state index contributed by atoms with van der Waals surface area (Å²) in [6, 6.07) is 21.6. The van der Waals surface area contributed by atoms with Gasteiger partial charge in [0.15, 0.2) is 0 Å². The molecular formula is C33H37N5O5. The lowest BCUT2D eigenvalue weighted by Gasteiger charge is -2.25. The topological polar surface area (TPSA) is 111 Å². The van der Waals surface area contributed by atoms with Gasteiger partial charge in [-0.3, -0.25) is 14.4 Å². The number of carbonyl (C=O) groups is 4. The molecule has 224 valence electrons. The van der Waals surface area contributed by atoms with E-state index in [2.05, 4.69) is 10.6 Å². The number of esters is 1. The Hall–Kier alpha value is -4.96. The van der Waals surface area contributed by atoms with Gasteiger partial charge in [-0.25, -0.2) is 4.79 Å². The van der Waals surface area contributed by atoms with Crippen LogP contribution in [0.4, 0.5) is 17.1 Å². The lowest BCUT2D eigenvalue weighted by atomic mass is 9.99. The second-order valence-corrected chi connectivity index (χ2v) is 10.5. The van der Waals surface area contributed by atoms with Gasteiger partial charge in [0.2, 0.25) is 11.8 Å². The number of hydrogen-bond acceptors (Lipinski definition) is 7. The second-order valence-electron chi connectivity index (χ2n) is 10.5. The number of carbonyl (C=O) groups excluding carboxylic acids is 4. The summed E-state index contributed by atoms with van der Waals surface area (Å²) in [5, 5.41) is 6.28. The molecule has 10 heteroatoms. The molecule has 2 N–H and O–H groups in total. The molecule has 0 atom stereocenters. The van der Waals surface area contributed by atoms with Gasteiger partial charge in [-0.15, -0.1) is 0 Å². The molecule has 0 saturated carbocycles. The molecule has 0 radical (unpaired) electrons. The summed E-state index contributed by atoms with van der Waals surface area (Å²) in [6.07, 6.45) is 0.268. The molecular weight excluding hydrogens is 546 g/mol. The van der Waals surface area contributed by atoms with Crippen LogP contribution >= 0.6 is 0 Å². The molecule has 1 heterocycles. The minimum Gasteiger partial charge on any atom is -0.462 e. The Morgan fingerprint density at radius 3 is 2.19 bits per heavy atom. The zero-order valence-electron chi connectivity index (χ0n) is 25.1. The third-order valence-corrected chi connectivity index (χ3v) is 6.90. The maximum absolute atomic E-state index is 13.3. The Balaban J connectivity index is 1.69. The average Bonchev–Trinajstić information content (AvgIpc) is 3.32. The molecule has 43 heavy (non-hydrogen) atoms. The molecule has 3 aromatic rings. The van der Waals surface area contributed by atoms with Crippen molar-refractivity contribution in [2.45, 2.75) is 13.3 Å². The predicted octanol–water partition coefficient (Wildman–Crippen LogP) is 4.17. The number of rotatable bonds is 11. The molecule has 3 aromatic carbocycles. The number of benzene rings is 3. The van der Waals surface area contributed by atoms with Crippen molar-refractivity contribution in [1.82, 2.24) is 9.80 Å². The highest BCUT2D eigenvalue weighted by Gasteiger charge is 2.29. The van der Waals surface area contributed by atoms with Crippen LogP contribution in [0.5, 0.6) is 0 Å². The van der Waals surface area contributed by atoms with E-state index < -0.39 is 5.97 Å². The number of hydrogen-bond donors (Lipinski definition) is 2. The summed E-state index contributed by atoms with van der Waals surface area (Å²) >= 11 is 0. The normalized spacial score (nSPS) is 13.2. The number of amides is 3. The van der Waals surface area contributed by atoms with E-state index in [0.717, 1.165) is 5.56 Å². The molecule has 0 spiro atoms. The van der Waals surface area contributed by atoms with Gasteiger partial charge >= 0.3 is 5.97 Å².